The average molecular weight is 553 g/mol. The van der Waals surface area contributed by atoms with Crippen molar-refractivity contribution >= 4 is 44.8 Å². The number of thiophene rings is 1. The molecule has 0 amide bonds. The van der Waals surface area contributed by atoms with E-state index < -0.39 is 27.3 Å². The lowest BCUT2D eigenvalue weighted by atomic mass is 9.70. The second kappa shape index (κ2) is 10.2. The molecule has 0 radical (unpaired) electrons. The molecule has 2 bridgehead atoms. The standard InChI is InChI=1S/C16H16ClNO2S.C10H16O4S/c1-20-16(19)15(12-4-2-3-5-13(12)17)18-8-6-14-11(10-18)7-9-21-14;1-9(2)7-3-4-10(9,8(11)5-7)6-15(12,13)14/h2-5,7,9,15H,6,8,10H2,1H3;7H,3-6H2,1-2H3,(H,12,13,14)/p-1/t15-;/m0./s1. The molecule has 2 fully saturated rings. The number of esters is 1. The second-order valence-corrected chi connectivity index (χ2v) is 13.2. The largest absolute Gasteiger partial charge is 0.748 e. The number of rotatable bonds is 5. The van der Waals surface area contributed by atoms with Gasteiger partial charge in [0.25, 0.3) is 0 Å². The van der Waals surface area contributed by atoms with Gasteiger partial charge in [0.05, 0.1) is 23.0 Å². The van der Waals surface area contributed by atoms with E-state index in [0.717, 1.165) is 31.5 Å². The van der Waals surface area contributed by atoms with Crippen LogP contribution in [-0.4, -0.2) is 49.0 Å². The zero-order valence-corrected chi connectivity index (χ0v) is 23.0. The van der Waals surface area contributed by atoms with Crippen molar-refractivity contribution in [2.24, 2.45) is 16.7 Å². The smallest absolute Gasteiger partial charge is 0.327 e. The van der Waals surface area contributed by atoms with Crippen molar-refractivity contribution in [1.82, 2.24) is 4.90 Å². The zero-order chi connectivity index (χ0) is 26.3. The number of ketones is 1. The Balaban J connectivity index is 0.000000179. The van der Waals surface area contributed by atoms with Gasteiger partial charge < -0.3 is 9.29 Å². The normalized spacial score (nSPS) is 25.6. The number of halogens is 1. The van der Waals surface area contributed by atoms with Gasteiger partial charge in [0, 0.05) is 34.8 Å². The molecule has 5 rings (SSSR count). The van der Waals surface area contributed by atoms with Crippen LogP contribution in [0.1, 0.15) is 55.2 Å². The lowest BCUT2D eigenvalue weighted by molar-refractivity contribution is -0.147. The topological polar surface area (TPSA) is 104 Å². The van der Waals surface area contributed by atoms with Gasteiger partial charge in [0.1, 0.15) is 11.8 Å². The number of hydrogen-bond acceptors (Lipinski definition) is 8. The van der Waals surface area contributed by atoms with Crippen LogP contribution in [0.4, 0.5) is 0 Å². The van der Waals surface area contributed by atoms with Gasteiger partial charge in [-0.2, -0.15) is 0 Å². The van der Waals surface area contributed by atoms with Crippen molar-refractivity contribution in [3.8, 4) is 0 Å². The summed E-state index contributed by atoms with van der Waals surface area (Å²) in [4.78, 5) is 27.7. The molecule has 0 N–H and O–H groups in total. The Morgan fingerprint density at radius 1 is 1.31 bits per heavy atom. The molecule has 2 aromatic rings. The van der Waals surface area contributed by atoms with E-state index in [1.807, 2.05) is 38.1 Å². The molecule has 0 saturated heterocycles. The molecule has 1 aromatic carbocycles. The molecule has 2 aliphatic carbocycles. The fourth-order valence-corrected chi connectivity index (χ4v) is 8.59. The summed E-state index contributed by atoms with van der Waals surface area (Å²) in [6.07, 6.45) is 2.84. The molecule has 3 aliphatic rings. The first kappa shape index (κ1) is 27.3. The minimum Gasteiger partial charge on any atom is -0.748 e. The SMILES string of the molecule is CC1(C)C2CCC1(CS(=O)(=O)[O-])C(=O)C2.COC(=O)[C@H](c1ccccc1Cl)N1CCc2sccc2C1. The summed E-state index contributed by atoms with van der Waals surface area (Å²) in [5.74, 6) is -0.542. The Morgan fingerprint density at radius 2 is 2.03 bits per heavy atom. The maximum Gasteiger partial charge on any atom is 0.327 e. The maximum absolute atomic E-state index is 12.3. The fourth-order valence-electron chi connectivity index (χ4n) is 6.18. The molecule has 1 aromatic heterocycles. The van der Waals surface area contributed by atoms with Crippen LogP contribution < -0.4 is 0 Å². The molecule has 36 heavy (non-hydrogen) atoms. The highest BCUT2D eigenvalue weighted by atomic mass is 35.5. The number of ether oxygens (including phenoxy) is 1. The van der Waals surface area contributed by atoms with Crippen molar-refractivity contribution in [3.05, 3.63) is 56.7 Å². The number of benzene rings is 1. The lowest BCUT2D eigenvalue weighted by Crippen LogP contribution is -2.42. The molecule has 2 heterocycles. The Hall–Kier alpha value is -1.78. The van der Waals surface area contributed by atoms with E-state index in [-0.39, 0.29) is 23.1 Å². The summed E-state index contributed by atoms with van der Waals surface area (Å²) in [6.45, 7) is 5.42. The van der Waals surface area contributed by atoms with Crippen LogP contribution in [0.2, 0.25) is 5.02 Å². The highest BCUT2D eigenvalue weighted by molar-refractivity contribution is 7.85. The number of methoxy groups -OCH3 is 1. The number of hydrogen-bond donors (Lipinski definition) is 0. The van der Waals surface area contributed by atoms with E-state index in [1.54, 1.807) is 11.3 Å². The van der Waals surface area contributed by atoms with Crippen LogP contribution in [-0.2, 0) is 37.4 Å². The third-order valence-electron chi connectivity index (χ3n) is 8.39. The van der Waals surface area contributed by atoms with E-state index >= 15 is 0 Å². The van der Waals surface area contributed by atoms with Crippen LogP contribution >= 0.6 is 22.9 Å². The van der Waals surface area contributed by atoms with Crippen LogP contribution in [0.3, 0.4) is 0 Å². The molecule has 0 spiro atoms. The number of nitrogens with zero attached hydrogens (tertiary/aromatic N) is 1. The van der Waals surface area contributed by atoms with Crippen molar-refractivity contribution in [1.29, 1.82) is 0 Å². The molecule has 2 unspecified atom stereocenters. The summed E-state index contributed by atoms with van der Waals surface area (Å²) in [5, 5.41) is 2.71. The van der Waals surface area contributed by atoms with Crippen LogP contribution in [0.15, 0.2) is 35.7 Å². The number of carbonyl (C=O) groups is 2. The highest BCUT2D eigenvalue weighted by Gasteiger charge is 2.64. The summed E-state index contributed by atoms with van der Waals surface area (Å²) < 4.78 is 37.7. The summed E-state index contributed by atoms with van der Waals surface area (Å²) >= 11 is 8.07. The molecule has 1 aliphatic heterocycles. The van der Waals surface area contributed by atoms with Crippen molar-refractivity contribution in [2.45, 2.75) is 52.1 Å². The predicted molar refractivity (Wildman–Crippen MR) is 138 cm³/mol. The van der Waals surface area contributed by atoms with Gasteiger partial charge >= 0.3 is 5.97 Å². The lowest BCUT2D eigenvalue weighted by Gasteiger charge is -2.37. The first-order chi connectivity index (χ1) is 16.9. The molecular weight excluding hydrogens is 522 g/mol. The molecule has 7 nitrogen and oxygen atoms in total. The Bertz CT molecular complexity index is 1260. The van der Waals surface area contributed by atoms with E-state index in [4.69, 9.17) is 16.3 Å². The molecular formula is C26H31ClNO6S2-. The monoisotopic (exact) mass is 552 g/mol. The predicted octanol–water partition coefficient (Wildman–Crippen LogP) is 4.60. The molecule has 196 valence electrons. The summed E-state index contributed by atoms with van der Waals surface area (Å²) in [6, 6.07) is 9.16. The molecule has 3 atom stereocenters. The van der Waals surface area contributed by atoms with Gasteiger partial charge in [-0.15, -0.1) is 11.3 Å². The number of fused-ring (bicyclic) bond motifs is 3. The minimum absolute atomic E-state index is 0.0248. The van der Waals surface area contributed by atoms with E-state index in [2.05, 4.69) is 16.3 Å². The van der Waals surface area contributed by atoms with Crippen LogP contribution in [0.25, 0.3) is 0 Å². The Morgan fingerprint density at radius 3 is 2.61 bits per heavy atom. The Kier molecular flexibility index (Phi) is 7.70. The Labute approximate surface area is 221 Å². The van der Waals surface area contributed by atoms with Gasteiger partial charge in [-0.1, -0.05) is 43.6 Å². The molecule has 2 saturated carbocycles. The summed E-state index contributed by atoms with van der Waals surface area (Å²) in [7, 11) is -2.90. The van der Waals surface area contributed by atoms with E-state index in [0.29, 0.717) is 17.9 Å². The summed E-state index contributed by atoms with van der Waals surface area (Å²) in [5.41, 5.74) is 0.886. The highest BCUT2D eigenvalue weighted by Crippen LogP contribution is 2.64. The third-order valence-corrected chi connectivity index (χ3v) is 10.6. The number of carbonyl (C=O) groups excluding carboxylic acids is 2. The van der Waals surface area contributed by atoms with Gasteiger partial charge in [-0.25, -0.2) is 13.2 Å². The maximum atomic E-state index is 12.3. The van der Waals surface area contributed by atoms with Crippen molar-refractivity contribution in [3.63, 3.8) is 0 Å². The van der Waals surface area contributed by atoms with Crippen LogP contribution in [0, 0.1) is 16.7 Å². The average Bonchev–Trinajstić information content (AvgIpc) is 3.42. The number of Topliss-reactive ketones (excluding diaryl/α,β-unsaturated/α-hetero) is 1. The fraction of sp³-hybridized carbons (Fsp3) is 0.538. The van der Waals surface area contributed by atoms with Crippen molar-refractivity contribution in [2.75, 3.05) is 19.4 Å². The quantitative estimate of drug-likeness (QED) is 0.394. The zero-order valence-electron chi connectivity index (χ0n) is 20.7. The van der Waals surface area contributed by atoms with Crippen molar-refractivity contribution < 1.29 is 27.3 Å². The van der Waals surface area contributed by atoms with E-state index in [9.17, 15) is 22.6 Å². The minimum atomic E-state index is -4.33. The third kappa shape index (κ3) is 5.00. The van der Waals surface area contributed by atoms with Gasteiger partial charge in [0.2, 0.25) is 0 Å². The molecule has 10 heteroatoms. The first-order valence-electron chi connectivity index (χ1n) is 12.0. The van der Waals surface area contributed by atoms with Gasteiger partial charge in [-0.05, 0) is 59.2 Å². The second-order valence-electron chi connectivity index (χ2n) is 10.4. The van der Waals surface area contributed by atoms with Gasteiger partial charge in [-0.3, -0.25) is 9.69 Å². The van der Waals surface area contributed by atoms with Crippen LogP contribution in [0.5, 0.6) is 0 Å². The van der Waals surface area contributed by atoms with E-state index in [1.165, 1.54) is 17.6 Å². The first-order valence-corrected chi connectivity index (χ1v) is 14.8. The van der Waals surface area contributed by atoms with Gasteiger partial charge in [0.15, 0.2) is 0 Å².